The number of carbonyl (C=O) groups excluding carboxylic acids is 2. The molecule has 2 heterocycles. The van der Waals surface area contributed by atoms with Crippen molar-refractivity contribution in [2.45, 2.75) is 45.4 Å². The number of aromatic nitrogens is 2. The highest BCUT2D eigenvalue weighted by Gasteiger charge is 2.28. The van der Waals surface area contributed by atoms with Gasteiger partial charge in [-0.15, -0.1) is 0 Å². The number of rotatable bonds is 8. The van der Waals surface area contributed by atoms with Crippen LogP contribution in [0.2, 0.25) is 0 Å². The number of likely N-dealkylation sites (tertiary alicyclic amines) is 1. The molecular weight excluding hydrogens is 386 g/mol. The van der Waals surface area contributed by atoms with E-state index >= 15 is 0 Å². The number of ketones is 1. The Morgan fingerprint density at radius 2 is 1.83 bits per heavy atom. The maximum atomic E-state index is 12.4. The first-order valence-electron chi connectivity index (χ1n) is 10.3. The second-order valence-corrected chi connectivity index (χ2v) is 7.80. The first kappa shape index (κ1) is 21.8. The van der Waals surface area contributed by atoms with Crippen molar-refractivity contribution in [2.75, 3.05) is 27.3 Å². The van der Waals surface area contributed by atoms with Gasteiger partial charge in [0.05, 0.1) is 14.2 Å². The molecule has 0 bridgehead atoms. The van der Waals surface area contributed by atoms with E-state index in [2.05, 4.69) is 10.1 Å². The third kappa shape index (κ3) is 4.98. The van der Waals surface area contributed by atoms with E-state index in [1.54, 1.807) is 20.3 Å². The van der Waals surface area contributed by atoms with Crippen molar-refractivity contribution in [3.05, 3.63) is 24.1 Å². The fourth-order valence-corrected chi connectivity index (χ4v) is 3.55. The van der Waals surface area contributed by atoms with Crippen molar-refractivity contribution in [3.63, 3.8) is 0 Å². The summed E-state index contributed by atoms with van der Waals surface area (Å²) in [6, 6.07) is 5.47. The quantitative estimate of drug-likeness (QED) is 0.651. The molecule has 1 amide bonds. The maximum Gasteiger partial charge on any atom is 0.230 e. The van der Waals surface area contributed by atoms with Crippen LogP contribution in [0.4, 0.5) is 0 Å². The zero-order valence-corrected chi connectivity index (χ0v) is 18.0. The van der Waals surface area contributed by atoms with E-state index in [9.17, 15) is 9.59 Å². The number of nitrogens with zero attached hydrogens (tertiary/aromatic N) is 3. The molecule has 0 aliphatic carbocycles. The summed E-state index contributed by atoms with van der Waals surface area (Å²) in [7, 11) is 3.17. The summed E-state index contributed by atoms with van der Waals surface area (Å²) in [5.74, 6) is 2.58. The van der Waals surface area contributed by atoms with Crippen LogP contribution in [0.3, 0.4) is 0 Å². The highest BCUT2D eigenvalue weighted by molar-refractivity contribution is 5.86. The van der Waals surface area contributed by atoms with E-state index in [0.717, 1.165) is 18.4 Å². The van der Waals surface area contributed by atoms with Crippen LogP contribution in [0.1, 0.15) is 51.3 Å². The monoisotopic (exact) mass is 415 g/mol. The number of Topliss-reactive ketones (excluding diaryl/α,β-unsaturated/α-hetero) is 1. The summed E-state index contributed by atoms with van der Waals surface area (Å²) < 4.78 is 16.1. The van der Waals surface area contributed by atoms with E-state index in [4.69, 9.17) is 14.0 Å². The lowest BCUT2D eigenvalue weighted by molar-refractivity contribution is -0.134. The van der Waals surface area contributed by atoms with Crippen molar-refractivity contribution in [3.8, 4) is 22.9 Å². The highest BCUT2D eigenvalue weighted by atomic mass is 16.5. The summed E-state index contributed by atoms with van der Waals surface area (Å²) in [5.41, 5.74) is 0.782. The standard InChI is InChI=1S/C22H29N3O5/c1-14(2)17(26)6-8-20(27)25-11-9-15(10-12-25)22-23-21(24-30-22)16-5-7-18(28-3)19(13-16)29-4/h5,7,13-15H,6,8-12H2,1-4H3. The molecule has 0 radical (unpaired) electrons. The van der Waals surface area contributed by atoms with Gasteiger partial charge in [0.25, 0.3) is 0 Å². The van der Waals surface area contributed by atoms with Gasteiger partial charge in [-0.1, -0.05) is 19.0 Å². The Morgan fingerprint density at radius 1 is 1.13 bits per heavy atom. The molecule has 1 saturated heterocycles. The maximum absolute atomic E-state index is 12.4. The SMILES string of the molecule is COc1ccc(-c2noc(C3CCN(C(=O)CCC(=O)C(C)C)CC3)n2)cc1OC. The molecular formula is C22H29N3O5. The average molecular weight is 415 g/mol. The molecule has 3 rings (SSSR count). The normalized spacial score (nSPS) is 14.8. The van der Waals surface area contributed by atoms with Crippen molar-refractivity contribution in [2.24, 2.45) is 5.92 Å². The molecule has 8 heteroatoms. The number of amides is 1. The number of piperidine rings is 1. The number of hydrogen-bond acceptors (Lipinski definition) is 7. The topological polar surface area (TPSA) is 94.8 Å². The predicted molar refractivity (Wildman–Crippen MR) is 110 cm³/mol. The fourth-order valence-electron chi connectivity index (χ4n) is 3.55. The largest absolute Gasteiger partial charge is 0.493 e. The number of carbonyl (C=O) groups is 2. The number of ether oxygens (including phenoxy) is 2. The lowest BCUT2D eigenvalue weighted by Gasteiger charge is -2.30. The molecule has 8 nitrogen and oxygen atoms in total. The summed E-state index contributed by atoms with van der Waals surface area (Å²) >= 11 is 0. The van der Waals surface area contributed by atoms with E-state index in [1.165, 1.54) is 0 Å². The average Bonchev–Trinajstić information content (AvgIpc) is 3.27. The third-order valence-electron chi connectivity index (χ3n) is 5.51. The van der Waals surface area contributed by atoms with E-state index in [1.807, 2.05) is 30.9 Å². The van der Waals surface area contributed by atoms with Crippen molar-refractivity contribution < 1.29 is 23.6 Å². The summed E-state index contributed by atoms with van der Waals surface area (Å²) in [6.45, 7) is 4.98. The minimum Gasteiger partial charge on any atom is -0.493 e. The lowest BCUT2D eigenvalue weighted by Crippen LogP contribution is -2.38. The Hall–Kier alpha value is -2.90. The minimum atomic E-state index is -0.0269. The Kier molecular flexibility index (Phi) is 7.07. The number of methoxy groups -OCH3 is 2. The fraction of sp³-hybridized carbons (Fsp3) is 0.545. The zero-order valence-electron chi connectivity index (χ0n) is 18.0. The molecule has 1 aliphatic heterocycles. The van der Waals surface area contributed by atoms with Crippen molar-refractivity contribution >= 4 is 11.7 Å². The Bertz CT molecular complexity index is 885. The van der Waals surface area contributed by atoms with Gasteiger partial charge in [-0.25, -0.2) is 0 Å². The highest BCUT2D eigenvalue weighted by Crippen LogP contribution is 2.33. The molecule has 0 N–H and O–H groups in total. The van der Waals surface area contributed by atoms with Crippen LogP contribution in [0.15, 0.2) is 22.7 Å². The molecule has 0 atom stereocenters. The van der Waals surface area contributed by atoms with Crippen LogP contribution in [0, 0.1) is 5.92 Å². The minimum absolute atomic E-state index is 0.0269. The summed E-state index contributed by atoms with van der Waals surface area (Å²) in [5, 5.41) is 4.11. The van der Waals surface area contributed by atoms with Crippen molar-refractivity contribution in [1.82, 2.24) is 15.0 Å². The van der Waals surface area contributed by atoms with Crippen LogP contribution in [0.25, 0.3) is 11.4 Å². The van der Waals surface area contributed by atoms with E-state index in [-0.39, 0.29) is 29.9 Å². The van der Waals surface area contributed by atoms with Gasteiger partial charge in [-0.05, 0) is 31.0 Å². The second-order valence-electron chi connectivity index (χ2n) is 7.80. The second kappa shape index (κ2) is 9.73. The molecule has 1 aromatic carbocycles. The third-order valence-corrected chi connectivity index (χ3v) is 5.51. The smallest absolute Gasteiger partial charge is 0.230 e. The van der Waals surface area contributed by atoms with Gasteiger partial charge in [0.15, 0.2) is 11.5 Å². The molecule has 0 saturated carbocycles. The molecule has 0 spiro atoms. The van der Waals surface area contributed by atoms with Gasteiger partial charge in [-0.3, -0.25) is 9.59 Å². The van der Waals surface area contributed by atoms with Gasteiger partial charge >= 0.3 is 0 Å². The predicted octanol–water partition coefficient (Wildman–Crippen LogP) is 3.47. The molecule has 1 aromatic heterocycles. The van der Waals surface area contributed by atoms with Crippen LogP contribution in [-0.4, -0.2) is 54.0 Å². The van der Waals surface area contributed by atoms with Crippen molar-refractivity contribution in [1.29, 1.82) is 0 Å². The van der Waals surface area contributed by atoms with Crippen LogP contribution >= 0.6 is 0 Å². The van der Waals surface area contributed by atoms with Gasteiger partial charge in [-0.2, -0.15) is 4.98 Å². The molecule has 2 aromatic rings. The molecule has 1 fully saturated rings. The first-order valence-corrected chi connectivity index (χ1v) is 10.3. The zero-order chi connectivity index (χ0) is 21.7. The molecule has 30 heavy (non-hydrogen) atoms. The molecule has 162 valence electrons. The van der Waals surface area contributed by atoms with Crippen LogP contribution < -0.4 is 9.47 Å². The van der Waals surface area contributed by atoms with E-state index in [0.29, 0.717) is 42.7 Å². The van der Waals surface area contributed by atoms with Gasteiger partial charge in [0.2, 0.25) is 17.6 Å². The summed E-state index contributed by atoms with van der Waals surface area (Å²) in [6.07, 6.45) is 2.12. The van der Waals surface area contributed by atoms with E-state index < -0.39 is 0 Å². The number of hydrogen-bond donors (Lipinski definition) is 0. The van der Waals surface area contributed by atoms with Gasteiger partial charge in [0, 0.05) is 43.3 Å². The van der Waals surface area contributed by atoms with Crippen LogP contribution in [-0.2, 0) is 9.59 Å². The number of benzene rings is 1. The Morgan fingerprint density at radius 3 is 2.47 bits per heavy atom. The lowest BCUT2D eigenvalue weighted by atomic mass is 9.96. The Labute approximate surface area is 176 Å². The molecule has 0 unspecified atom stereocenters. The summed E-state index contributed by atoms with van der Waals surface area (Å²) in [4.78, 5) is 30.5. The Balaban J connectivity index is 1.58. The van der Waals surface area contributed by atoms with Crippen LogP contribution in [0.5, 0.6) is 11.5 Å². The first-order chi connectivity index (χ1) is 14.4. The molecule has 1 aliphatic rings. The van der Waals surface area contributed by atoms with Gasteiger partial charge in [0.1, 0.15) is 5.78 Å². The van der Waals surface area contributed by atoms with Gasteiger partial charge < -0.3 is 18.9 Å².